The first-order valence-corrected chi connectivity index (χ1v) is 7.69. The first kappa shape index (κ1) is 15.1. The van der Waals surface area contributed by atoms with Crippen molar-refractivity contribution in [3.8, 4) is 11.1 Å². The SMILES string of the molecule is O=CNCc1[c]cccc1-c1cccc(NC2=NCCCN2)c1. The van der Waals surface area contributed by atoms with E-state index in [1.807, 2.05) is 30.3 Å². The maximum Gasteiger partial charge on any atom is 0.207 e. The van der Waals surface area contributed by atoms with Crippen molar-refractivity contribution in [3.63, 3.8) is 0 Å². The minimum absolute atomic E-state index is 0.464. The lowest BCUT2D eigenvalue weighted by Crippen LogP contribution is -2.35. The molecule has 2 aromatic rings. The predicted molar refractivity (Wildman–Crippen MR) is 92.2 cm³/mol. The van der Waals surface area contributed by atoms with Crippen LogP contribution < -0.4 is 16.0 Å². The molecule has 0 saturated heterocycles. The van der Waals surface area contributed by atoms with E-state index >= 15 is 0 Å². The van der Waals surface area contributed by atoms with Crippen LogP contribution in [0.3, 0.4) is 0 Å². The highest BCUT2D eigenvalue weighted by atomic mass is 16.1. The molecule has 0 aliphatic carbocycles. The third kappa shape index (κ3) is 3.88. The topological polar surface area (TPSA) is 65.5 Å². The Morgan fingerprint density at radius 1 is 1.30 bits per heavy atom. The van der Waals surface area contributed by atoms with Gasteiger partial charge in [-0.25, -0.2) is 0 Å². The molecule has 3 N–H and O–H groups in total. The second-order valence-corrected chi connectivity index (χ2v) is 5.28. The number of carbonyl (C=O) groups excluding carboxylic acids is 1. The number of anilines is 1. The van der Waals surface area contributed by atoms with E-state index < -0.39 is 0 Å². The molecule has 0 spiro atoms. The Labute approximate surface area is 135 Å². The van der Waals surface area contributed by atoms with E-state index in [0.29, 0.717) is 13.0 Å². The summed E-state index contributed by atoms with van der Waals surface area (Å²) in [5.41, 5.74) is 4.08. The number of guanidine groups is 1. The van der Waals surface area contributed by atoms with Crippen molar-refractivity contribution in [1.82, 2.24) is 10.6 Å². The summed E-state index contributed by atoms with van der Waals surface area (Å²) in [5, 5.41) is 9.26. The molecule has 1 aliphatic rings. The van der Waals surface area contributed by atoms with Crippen LogP contribution in [0.1, 0.15) is 12.0 Å². The maximum atomic E-state index is 10.5. The summed E-state index contributed by atoms with van der Waals surface area (Å²) < 4.78 is 0. The lowest BCUT2D eigenvalue weighted by atomic mass is 9.99. The number of nitrogens with one attached hydrogen (secondary N) is 3. The number of hydrogen-bond donors (Lipinski definition) is 3. The monoisotopic (exact) mass is 307 g/mol. The minimum atomic E-state index is 0.464. The van der Waals surface area contributed by atoms with Crippen LogP contribution in [0.2, 0.25) is 0 Å². The largest absolute Gasteiger partial charge is 0.356 e. The van der Waals surface area contributed by atoms with E-state index in [1.54, 1.807) is 0 Å². The van der Waals surface area contributed by atoms with Gasteiger partial charge in [0.25, 0.3) is 0 Å². The van der Waals surface area contributed by atoms with Crippen molar-refractivity contribution < 1.29 is 4.79 Å². The van der Waals surface area contributed by atoms with E-state index in [9.17, 15) is 4.79 Å². The molecule has 0 unspecified atom stereocenters. The molecule has 0 atom stereocenters. The van der Waals surface area contributed by atoms with Crippen LogP contribution in [0.4, 0.5) is 5.69 Å². The van der Waals surface area contributed by atoms with Crippen molar-refractivity contribution in [2.45, 2.75) is 13.0 Å². The van der Waals surface area contributed by atoms with Crippen LogP contribution >= 0.6 is 0 Å². The molecule has 3 rings (SSSR count). The zero-order valence-electron chi connectivity index (χ0n) is 12.8. The van der Waals surface area contributed by atoms with E-state index in [1.165, 1.54) is 0 Å². The molecule has 5 heteroatoms. The van der Waals surface area contributed by atoms with E-state index in [2.05, 4.69) is 39.1 Å². The lowest BCUT2D eigenvalue weighted by Gasteiger charge is -2.17. The Kier molecular flexibility index (Phi) is 4.88. The molecule has 23 heavy (non-hydrogen) atoms. The zero-order valence-corrected chi connectivity index (χ0v) is 12.8. The molecule has 1 radical (unpaired) electrons. The molecule has 0 saturated carbocycles. The normalized spacial score (nSPS) is 13.7. The average molecular weight is 307 g/mol. The van der Waals surface area contributed by atoms with Gasteiger partial charge in [-0.3, -0.25) is 9.79 Å². The van der Waals surface area contributed by atoms with Gasteiger partial charge in [-0.05, 0) is 41.3 Å². The molecule has 1 aliphatic heterocycles. The average Bonchev–Trinajstić information content (AvgIpc) is 2.61. The fourth-order valence-electron chi connectivity index (χ4n) is 2.55. The highest BCUT2D eigenvalue weighted by molar-refractivity contribution is 5.94. The van der Waals surface area contributed by atoms with Gasteiger partial charge in [0.05, 0.1) is 0 Å². The summed E-state index contributed by atoms with van der Waals surface area (Å²) in [6, 6.07) is 17.2. The Morgan fingerprint density at radius 2 is 2.26 bits per heavy atom. The van der Waals surface area contributed by atoms with Crippen LogP contribution in [0, 0.1) is 6.07 Å². The van der Waals surface area contributed by atoms with Crippen molar-refractivity contribution in [3.05, 3.63) is 54.1 Å². The Balaban J connectivity index is 1.84. The molecule has 1 amide bonds. The van der Waals surface area contributed by atoms with Crippen LogP contribution in [-0.2, 0) is 11.3 Å². The van der Waals surface area contributed by atoms with Crippen LogP contribution in [0.25, 0.3) is 11.1 Å². The van der Waals surface area contributed by atoms with E-state index in [-0.39, 0.29) is 0 Å². The number of benzene rings is 2. The fraction of sp³-hybridized carbons (Fsp3) is 0.222. The molecule has 1 heterocycles. The first-order chi connectivity index (χ1) is 11.4. The van der Waals surface area contributed by atoms with E-state index in [4.69, 9.17) is 0 Å². The number of aliphatic imine (C=N–C) groups is 1. The summed E-state index contributed by atoms with van der Waals surface area (Å²) in [6.45, 7) is 2.26. The van der Waals surface area contributed by atoms with Gasteiger partial charge in [-0.2, -0.15) is 0 Å². The Bertz CT molecular complexity index is 712. The number of hydrogen-bond acceptors (Lipinski definition) is 4. The van der Waals surface area contributed by atoms with Gasteiger partial charge in [0, 0.05) is 25.3 Å². The zero-order chi connectivity index (χ0) is 15.9. The summed E-state index contributed by atoms with van der Waals surface area (Å²) in [6.07, 6.45) is 1.77. The lowest BCUT2D eigenvalue weighted by molar-refractivity contribution is -0.109. The standard InChI is InChI=1S/C18H19N4O/c23-13-19-12-15-5-1-2-8-17(15)14-6-3-7-16(11-14)22-18-20-9-4-10-21-18/h1-3,6-8,11,13H,4,9-10,12H2,(H,19,23)(H2,20,21,22). The van der Waals surface area contributed by atoms with E-state index in [0.717, 1.165) is 47.8 Å². The molecule has 0 aromatic heterocycles. The van der Waals surface area contributed by atoms with Crippen molar-refractivity contribution in [1.29, 1.82) is 0 Å². The second kappa shape index (κ2) is 7.45. The molecule has 117 valence electrons. The quantitative estimate of drug-likeness (QED) is 0.742. The summed E-state index contributed by atoms with van der Waals surface area (Å²) in [4.78, 5) is 15.0. The van der Waals surface area contributed by atoms with Gasteiger partial charge >= 0.3 is 0 Å². The number of amides is 1. The number of carbonyl (C=O) groups is 1. The van der Waals surface area contributed by atoms with Gasteiger partial charge in [-0.1, -0.05) is 30.3 Å². The number of nitrogens with zero attached hydrogens (tertiary/aromatic N) is 1. The smallest absolute Gasteiger partial charge is 0.207 e. The fourth-order valence-corrected chi connectivity index (χ4v) is 2.55. The van der Waals surface area contributed by atoms with Crippen molar-refractivity contribution >= 4 is 18.1 Å². The van der Waals surface area contributed by atoms with Crippen LogP contribution in [0.5, 0.6) is 0 Å². The van der Waals surface area contributed by atoms with Crippen LogP contribution in [0.15, 0.2) is 47.5 Å². The van der Waals surface area contributed by atoms with Crippen molar-refractivity contribution in [2.24, 2.45) is 4.99 Å². The summed E-state index contributed by atoms with van der Waals surface area (Å²) in [7, 11) is 0. The molecular formula is C18H19N4O. The van der Waals surface area contributed by atoms with Crippen molar-refractivity contribution in [2.75, 3.05) is 18.4 Å². The molecular weight excluding hydrogens is 288 g/mol. The second-order valence-electron chi connectivity index (χ2n) is 5.28. The predicted octanol–water partition coefficient (Wildman–Crippen LogP) is 2.16. The third-order valence-corrected chi connectivity index (χ3v) is 3.64. The van der Waals surface area contributed by atoms with Gasteiger partial charge in [0.15, 0.2) is 5.96 Å². The molecule has 0 bridgehead atoms. The molecule has 5 nitrogen and oxygen atoms in total. The Morgan fingerprint density at radius 3 is 3.09 bits per heavy atom. The highest BCUT2D eigenvalue weighted by Gasteiger charge is 2.07. The van der Waals surface area contributed by atoms with Crippen LogP contribution in [-0.4, -0.2) is 25.5 Å². The summed E-state index contributed by atoms with van der Waals surface area (Å²) >= 11 is 0. The van der Waals surface area contributed by atoms with Gasteiger partial charge < -0.3 is 16.0 Å². The highest BCUT2D eigenvalue weighted by Crippen LogP contribution is 2.26. The Hall–Kier alpha value is -2.82. The maximum absolute atomic E-state index is 10.5. The molecule has 0 fully saturated rings. The summed E-state index contributed by atoms with van der Waals surface area (Å²) in [5.74, 6) is 0.816. The molecule has 2 aromatic carbocycles. The van der Waals surface area contributed by atoms with Gasteiger partial charge in [-0.15, -0.1) is 0 Å². The van der Waals surface area contributed by atoms with Gasteiger partial charge in [0.2, 0.25) is 6.41 Å². The minimum Gasteiger partial charge on any atom is -0.356 e. The van der Waals surface area contributed by atoms with Gasteiger partial charge in [0.1, 0.15) is 0 Å². The third-order valence-electron chi connectivity index (χ3n) is 3.64. The first-order valence-electron chi connectivity index (χ1n) is 7.69. The number of rotatable bonds is 5.